The summed E-state index contributed by atoms with van der Waals surface area (Å²) in [4.78, 5) is 9.68. The first-order chi connectivity index (χ1) is 16.8. The van der Waals surface area contributed by atoms with Crippen molar-refractivity contribution in [2.45, 2.75) is 79.6 Å². The summed E-state index contributed by atoms with van der Waals surface area (Å²) in [5, 5.41) is 5.54. The van der Waals surface area contributed by atoms with Gasteiger partial charge in [0.15, 0.2) is 5.82 Å². The van der Waals surface area contributed by atoms with Crippen molar-refractivity contribution in [1.29, 1.82) is 0 Å². The molecule has 0 spiro atoms. The minimum atomic E-state index is 0.502. The summed E-state index contributed by atoms with van der Waals surface area (Å²) in [7, 11) is 2.02. The van der Waals surface area contributed by atoms with Crippen LogP contribution in [0.4, 0.5) is 0 Å². The Morgan fingerprint density at radius 1 is 1.14 bits per heavy atom. The number of hydrogen-bond donors (Lipinski definition) is 0. The molecule has 0 fully saturated rings. The van der Waals surface area contributed by atoms with Gasteiger partial charge in [0.2, 0.25) is 0 Å². The zero-order chi connectivity index (χ0) is 25.5. The Morgan fingerprint density at radius 3 is 2.51 bits per heavy atom. The zero-order valence-electron chi connectivity index (χ0n) is 22.6. The molecule has 0 radical (unpaired) electrons. The number of fused-ring (bicyclic) bond motifs is 2. The normalized spacial score (nSPS) is 14.7. The number of allylic oxidation sites excluding steroid dienone is 1. The van der Waals surface area contributed by atoms with E-state index in [4.69, 9.17) is 21.7 Å². The highest BCUT2D eigenvalue weighted by Crippen LogP contribution is 2.33. The minimum Gasteiger partial charge on any atom is -0.326 e. The Labute approximate surface area is 216 Å². The molecule has 0 amide bonds. The first kappa shape index (κ1) is 27.4. The van der Waals surface area contributed by atoms with Crippen LogP contribution in [0.3, 0.4) is 0 Å². The third-order valence-electron chi connectivity index (χ3n) is 6.85. The maximum Gasteiger partial charge on any atom is 0.163 e. The summed E-state index contributed by atoms with van der Waals surface area (Å²) in [5.74, 6) is 0.831. The van der Waals surface area contributed by atoms with Crippen molar-refractivity contribution >= 4 is 22.6 Å². The summed E-state index contributed by atoms with van der Waals surface area (Å²) >= 11 is 6.76. The number of halogens is 1. The van der Waals surface area contributed by atoms with Crippen LogP contribution >= 0.6 is 11.6 Å². The number of hydrogen-bond acceptors (Lipinski definition) is 4. The Bertz CT molecular complexity index is 1110. The van der Waals surface area contributed by atoms with Crippen LogP contribution in [0.25, 0.3) is 22.6 Å². The molecule has 7 heteroatoms. The van der Waals surface area contributed by atoms with Crippen molar-refractivity contribution in [2.75, 3.05) is 19.6 Å². The van der Waals surface area contributed by atoms with Crippen molar-refractivity contribution in [1.82, 2.24) is 29.1 Å². The molecular formula is C28H43ClN6. The number of benzene rings is 1. The molecule has 0 aliphatic carbocycles. The fourth-order valence-electron chi connectivity index (χ4n) is 4.64. The Hall–Kier alpha value is -2.15. The van der Waals surface area contributed by atoms with E-state index in [1.54, 1.807) is 0 Å². The van der Waals surface area contributed by atoms with Crippen LogP contribution in [0.2, 0.25) is 5.02 Å². The van der Waals surface area contributed by atoms with E-state index in [2.05, 4.69) is 78.8 Å². The van der Waals surface area contributed by atoms with Gasteiger partial charge in [-0.2, -0.15) is 5.10 Å². The summed E-state index contributed by atoms with van der Waals surface area (Å²) in [5.41, 5.74) is 3.95. The topological polar surface area (TPSA) is 42.1 Å². The highest BCUT2D eigenvalue weighted by molar-refractivity contribution is 6.33. The standard InChI is InChI=1S/C18H22ClN5.C10H21N/c1-12(2)23-9-6-10-24-15(11-23)16(19)17(21-24)18-20-13-7-4-5-8-14(13)22(18)3;1-5-7-8-9-11(6-2)10(3)4/h4-5,7-8,12H,6,9-11H2,1-3H3;5,7,10H,6,8-9H2,1-4H3/b;7-5-. The third-order valence-corrected chi connectivity index (χ3v) is 7.24. The van der Waals surface area contributed by atoms with Gasteiger partial charge < -0.3 is 9.47 Å². The van der Waals surface area contributed by atoms with E-state index < -0.39 is 0 Å². The summed E-state index contributed by atoms with van der Waals surface area (Å²) in [6.07, 6.45) is 6.62. The molecule has 0 bridgehead atoms. The molecular weight excluding hydrogens is 456 g/mol. The number of para-hydroxylation sites is 2. The third kappa shape index (κ3) is 6.54. The fourth-order valence-corrected chi connectivity index (χ4v) is 4.92. The van der Waals surface area contributed by atoms with E-state index in [0.29, 0.717) is 12.1 Å². The SMILES string of the molecule is C/C=C\CCN(CC)C(C)C.CC(C)N1CCCn2nc(-c3nc4ccccc4n3C)c(Cl)c2C1. The van der Waals surface area contributed by atoms with Gasteiger partial charge >= 0.3 is 0 Å². The second kappa shape index (κ2) is 12.7. The second-order valence-corrected chi connectivity index (χ2v) is 10.2. The molecule has 3 aromatic rings. The lowest BCUT2D eigenvalue weighted by Crippen LogP contribution is -2.31. The highest BCUT2D eigenvalue weighted by atomic mass is 35.5. The quantitative estimate of drug-likeness (QED) is 0.354. The van der Waals surface area contributed by atoms with Gasteiger partial charge in [0.25, 0.3) is 0 Å². The molecule has 0 saturated carbocycles. The van der Waals surface area contributed by atoms with Gasteiger partial charge in [0.1, 0.15) is 5.69 Å². The Kier molecular flexibility index (Phi) is 9.96. The van der Waals surface area contributed by atoms with Gasteiger partial charge in [-0.25, -0.2) is 4.98 Å². The molecule has 2 aromatic heterocycles. The first-order valence-electron chi connectivity index (χ1n) is 13.0. The van der Waals surface area contributed by atoms with Gasteiger partial charge in [-0.05, 0) is 66.1 Å². The molecule has 1 aliphatic rings. The van der Waals surface area contributed by atoms with Crippen LogP contribution < -0.4 is 0 Å². The van der Waals surface area contributed by atoms with E-state index in [1.165, 1.54) is 13.0 Å². The van der Waals surface area contributed by atoms with Crippen molar-refractivity contribution in [2.24, 2.45) is 7.05 Å². The zero-order valence-corrected chi connectivity index (χ0v) is 23.4. The average Bonchev–Trinajstić information content (AvgIpc) is 3.22. The maximum atomic E-state index is 6.76. The van der Waals surface area contributed by atoms with Crippen LogP contribution in [-0.2, 0) is 20.1 Å². The Balaban J connectivity index is 0.000000266. The van der Waals surface area contributed by atoms with E-state index >= 15 is 0 Å². The molecule has 0 saturated heterocycles. The van der Waals surface area contributed by atoms with E-state index in [1.807, 2.05) is 25.2 Å². The van der Waals surface area contributed by atoms with Gasteiger partial charge in [-0.3, -0.25) is 9.58 Å². The first-order valence-corrected chi connectivity index (χ1v) is 13.4. The van der Waals surface area contributed by atoms with Crippen LogP contribution in [0, 0.1) is 0 Å². The second-order valence-electron chi connectivity index (χ2n) is 9.81. The van der Waals surface area contributed by atoms with E-state index in [-0.39, 0.29) is 0 Å². The van der Waals surface area contributed by atoms with Crippen molar-refractivity contribution in [3.05, 3.63) is 47.1 Å². The number of imidazole rings is 1. The number of aryl methyl sites for hydroxylation is 2. The summed E-state index contributed by atoms with van der Waals surface area (Å²) < 4.78 is 4.14. The number of rotatable bonds is 7. The van der Waals surface area contributed by atoms with Crippen LogP contribution in [0.5, 0.6) is 0 Å². The van der Waals surface area contributed by atoms with Gasteiger partial charge in [0, 0.05) is 45.3 Å². The monoisotopic (exact) mass is 498 g/mol. The maximum absolute atomic E-state index is 6.76. The molecule has 0 atom stereocenters. The minimum absolute atomic E-state index is 0.502. The van der Waals surface area contributed by atoms with Crippen molar-refractivity contribution in [3.63, 3.8) is 0 Å². The molecule has 4 rings (SSSR count). The lowest BCUT2D eigenvalue weighted by Gasteiger charge is -2.23. The van der Waals surface area contributed by atoms with Crippen LogP contribution in [-0.4, -0.2) is 60.8 Å². The average molecular weight is 499 g/mol. The lowest BCUT2D eigenvalue weighted by molar-refractivity contribution is 0.216. The predicted octanol–water partition coefficient (Wildman–Crippen LogP) is 6.39. The van der Waals surface area contributed by atoms with Gasteiger partial charge in [0.05, 0.1) is 21.7 Å². The van der Waals surface area contributed by atoms with Gasteiger partial charge in [-0.1, -0.05) is 42.8 Å². The molecule has 3 heterocycles. The fraction of sp³-hybridized carbons (Fsp3) is 0.571. The van der Waals surface area contributed by atoms with Crippen molar-refractivity contribution in [3.8, 4) is 11.5 Å². The number of aromatic nitrogens is 4. The number of nitrogens with zero attached hydrogens (tertiary/aromatic N) is 6. The summed E-state index contributed by atoms with van der Waals surface area (Å²) in [6.45, 7) is 18.4. The molecule has 35 heavy (non-hydrogen) atoms. The molecule has 0 N–H and O–H groups in total. The molecule has 6 nitrogen and oxygen atoms in total. The van der Waals surface area contributed by atoms with Gasteiger partial charge in [-0.15, -0.1) is 0 Å². The van der Waals surface area contributed by atoms with E-state index in [9.17, 15) is 0 Å². The van der Waals surface area contributed by atoms with E-state index in [0.717, 1.165) is 65.9 Å². The van der Waals surface area contributed by atoms with Crippen LogP contribution in [0.15, 0.2) is 36.4 Å². The summed E-state index contributed by atoms with van der Waals surface area (Å²) in [6, 6.07) is 9.31. The molecule has 0 unspecified atom stereocenters. The largest absolute Gasteiger partial charge is 0.326 e. The smallest absolute Gasteiger partial charge is 0.163 e. The molecule has 1 aliphatic heterocycles. The van der Waals surface area contributed by atoms with Crippen molar-refractivity contribution < 1.29 is 0 Å². The lowest BCUT2D eigenvalue weighted by atomic mass is 10.2. The predicted molar refractivity (Wildman–Crippen MR) is 149 cm³/mol. The van der Waals surface area contributed by atoms with Crippen LogP contribution in [0.1, 0.15) is 60.1 Å². The molecule has 1 aromatic carbocycles. The highest BCUT2D eigenvalue weighted by Gasteiger charge is 2.25. The molecule has 192 valence electrons. The Morgan fingerprint density at radius 2 is 1.89 bits per heavy atom.